The van der Waals surface area contributed by atoms with Gasteiger partial charge in [0.25, 0.3) is 10.0 Å². The second-order valence-electron chi connectivity index (χ2n) is 3.74. The van der Waals surface area contributed by atoms with Gasteiger partial charge in [-0.2, -0.15) is 4.31 Å². The number of hydrogen-bond acceptors (Lipinski definition) is 4. The monoisotopic (exact) mass is 325 g/mol. The van der Waals surface area contributed by atoms with Crippen LogP contribution in [-0.4, -0.2) is 37.0 Å². The van der Waals surface area contributed by atoms with Crippen molar-refractivity contribution in [2.24, 2.45) is 0 Å². The van der Waals surface area contributed by atoms with Crippen molar-refractivity contribution in [1.82, 2.24) is 4.31 Å². The first-order valence-electron chi connectivity index (χ1n) is 4.92. The highest BCUT2D eigenvalue weighted by atomic mass is 79.9. The molecule has 0 aromatic carbocycles. The van der Waals surface area contributed by atoms with E-state index in [0.29, 0.717) is 23.6 Å². The molecule has 2 heterocycles. The van der Waals surface area contributed by atoms with E-state index < -0.39 is 16.1 Å². The fourth-order valence-corrected chi connectivity index (χ4v) is 5.22. The maximum Gasteiger partial charge on any atom is 0.252 e. The van der Waals surface area contributed by atoms with Crippen LogP contribution in [0.15, 0.2) is 20.1 Å². The molecule has 1 saturated heterocycles. The Morgan fingerprint density at radius 1 is 1.56 bits per heavy atom. The van der Waals surface area contributed by atoms with Crippen molar-refractivity contribution in [2.75, 3.05) is 13.1 Å². The first kappa shape index (κ1) is 12.5. The summed E-state index contributed by atoms with van der Waals surface area (Å²) in [5, 5.41) is 11.2. The lowest BCUT2D eigenvalue weighted by molar-refractivity contribution is 0.108. The summed E-state index contributed by atoms with van der Waals surface area (Å²) in [6.07, 6.45) is 0.861. The van der Waals surface area contributed by atoms with Crippen LogP contribution in [0.5, 0.6) is 0 Å². The van der Waals surface area contributed by atoms with Crippen LogP contribution in [0.2, 0.25) is 0 Å². The van der Waals surface area contributed by atoms with Gasteiger partial charge in [-0.15, -0.1) is 11.3 Å². The predicted octanol–water partition coefficient (Wildman–Crippen LogP) is 1.66. The molecular formula is C9H12BrNO3S2. The van der Waals surface area contributed by atoms with Crippen LogP contribution < -0.4 is 0 Å². The SMILES string of the molecule is O=S(=O)(c1cc(Br)cs1)N1CCCC(O)C1. The van der Waals surface area contributed by atoms with Gasteiger partial charge in [0.15, 0.2) is 0 Å². The van der Waals surface area contributed by atoms with Crippen LogP contribution in [-0.2, 0) is 10.0 Å². The number of aliphatic hydroxyl groups is 1. The Balaban J connectivity index is 2.25. The molecule has 1 aliphatic rings. The largest absolute Gasteiger partial charge is 0.392 e. The third-order valence-corrected chi connectivity index (χ3v) is 6.54. The molecule has 0 spiro atoms. The number of aliphatic hydroxyl groups excluding tert-OH is 1. The van der Waals surface area contributed by atoms with E-state index in [1.165, 1.54) is 15.6 Å². The van der Waals surface area contributed by atoms with Crippen LogP contribution in [0.4, 0.5) is 0 Å². The molecule has 4 nitrogen and oxygen atoms in total. The second-order valence-corrected chi connectivity index (χ2v) is 7.73. The highest BCUT2D eigenvalue weighted by Crippen LogP contribution is 2.28. The summed E-state index contributed by atoms with van der Waals surface area (Å²) in [6, 6.07) is 1.60. The smallest absolute Gasteiger partial charge is 0.252 e. The molecule has 0 radical (unpaired) electrons. The fraction of sp³-hybridized carbons (Fsp3) is 0.556. The van der Waals surface area contributed by atoms with Gasteiger partial charge in [0, 0.05) is 22.9 Å². The zero-order valence-corrected chi connectivity index (χ0v) is 11.7. The maximum atomic E-state index is 12.2. The van der Waals surface area contributed by atoms with Crippen LogP contribution in [0.3, 0.4) is 0 Å². The molecule has 16 heavy (non-hydrogen) atoms. The summed E-state index contributed by atoms with van der Waals surface area (Å²) >= 11 is 4.43. The minimum absolute atomic E-state index is 0.206. The minimum Gasteiger partial charge on any atom is -0.392 e. The van der Waals surface area contributed by atoms with Crippen LogP contribution in [0, 0.1) is 0 Å². The predicted molar refractivity (Wildman–Crippen MR) is 66.0 cm³/mol. The van der Waals surface area contributed by atoms with E-state index in [1.54, 1.807) is 11.4 Å². The third kappa shape index (κ3) is 2.48. The Labute approximate surface area is 107 Å². The lowest BCUT2D eigenvalue weighted by atomic mass is 10.1. The number of thiophene rings is 1. The van der Waals surface area contributed by atoms with E-state index in [1.807, 2.05) is 0 Å². The Kier molecular flexibility index (Phi) is 3.70. The number of nitrogens with zero attached hydrogens (tertiary/aromatic N) is 1. The summed E-state index contributed by atoms with van der Waals surface area (Å²) in [4.78, 5) is 0. The molecule has 7 heteroatoms. The van der Waals surface area contributed by atoms with E-state index in [0.717, 1.165) is 4.47 Å². The van der Waals surface area contributed by atoms with Gasteiger partial charge in [0.1, 0.15) is 4.21 Å². The van der Waals surface area contributed by atoms with Crippen LogP contribution in [0.1, 0.15) is 12.8 Å². The average molecular weight is 326 g/mol. The van der Waals surface area contributed by atoms with Crippen molar-refractivity contribution in [3.05, 3.63) is 15.9 Å². The molecule has 0 bridgehead atoms. The number of rotatable bonds is 2. The second kappa shape index (κ2) is 4.73. The fourth-order valence-electron chi connectivity index (χ4n) is 1.70. The molecule has 1 fully saturated rings. The van der Waals surface area contributed by atoms with Crippen molar-refractivity contribution in [3.63, 3.8) is 0 Å². The summed E-state index contributed by atoms with van der Waals surface area (Å²) in [6.45, 7) is 0.701. The van der Waals surface area contributed by atoms with Crippen molar-refractivity contribution in [1.29, 1.82) is 0 Å². The average Bonchev–Trinajstić information content (AvgIpc) is 2.65. The molecular weight excluding hydrogens is 314 g/mol. The molecule has 0 aliphatic carbocycles. The van der Waals surface area contributed by atoms with E-state index in [9.17, 15) is 13.5 Å². The van der Waals surface area contributed by atoms with Gasteiger partial charge >= 0.3 is 0 Å². The Bertz CT molecular complexity index is 471. The summed E-state index contributed by atoms with van der Waals surface area (Å²) < 4.78 is 26.8. The molecule has 0 saturated carbocycles. The Morgan fingerprint density at radius 2 is 2.31 bits per heavy atom. The number of halogens is 1. The van der Waals surface area contributed by atoms with Crippen molar-refractivity contribution >= 4 is 37.3 Å². The quantitative estimate of drug-likeness (QED) is 0.899. The summed E-state index contributed by atoms with van der Waals surface area (Å²) in [5.74, 6) is 0. The molecule has 1 aromatic heterocycles. The molecule has 2 rings (SSSR count). The normalized spacial score (nSPS) is 23.5. The minimum atomic E-state index is -3.41. The van der Waals surface area contributed by atoms with Crippen molar-refractivity contribution in [2.45, 2.75) is 23.2 Å². The molecule has 1 unspecified atom stereocenters. The molecule has 1 atom stereocenters. The van der Waals surface area contributed by atoms with Crippen molar-refractivity contribution in [3.8, 4) is 0 Å². The van der Waals surface area contributed by atoms with Gasteiger partial charge in [-0.3, -0.25) is 0 Å². The standard InChI is InChI=1S/C9H12BrNO3S2/c10-7-4-9(15-6-7)16(13,14)11-3-1-2-8(12)5-11/h4,6,8,12H,1-3,5H2. The van der Waals surface area contributed by atoms with E-state index in [2.05, 4.69) is 15.9 Å². The molecule has 0 amide bonds. The van der Waals surface area contributed by atoms with E-state index >= 15 is 0 Å². The number of sulfonamides is 1. The summed E-state index contributed by atoms with van der Waals surface area (Å²) in [7, 11) is -3.41. The Hall–Kier alpha value is 0.0500. The summed E-state index contributed by atoms with van der Waals surface area (Å²) in [5.41, 5.74) is 0. The van der Waals surface area contributed by atoms with Gasteiger partial charge in [-0.1, -0.05) is 0 Å². The molecule has 90 valence electrons. The highest BCUT2D eigenvalue weighted by Gasteiger charge is 2.30. The lowest BCUT2D eigenvalue weighted by Crippen LogP contribution is -2.41. The number of piperidine rings is 1. The molecule has 1 N–H and O–H groups in total. The Morgan fingerprint density at radius 3 is 2.88 bits per heavy atom. The number of β-amino-alcohol motifs (C(OH)–C–C–N with tert-alkyl or cyclic N) is 1. The lowest BCUT2D eigenvalue weighted by Gasteiger charge is -2.28. The van der Waals surface area contributed by atoms with Gasteiger partial charge in [0.2, 0.25) is 0 Å². The maximum absolute atomic E-state index is 12.2. The van der Waals surface area contributed by atoms with Crippen molar-refractivity contribution < 1.29 is 13.5 Å². The van der Waals surface area contributed by atoms with Gasteiger partial charge in [-0.05, 0) is 34.8 Å². The van der Waals surface area contributed by atoms with Gasteiger partial charge in [0.05, 0.1) is 6.10 Å². The van der Waals surface area contributed by atoms with Gasteiger partial charge in [-0.25, -0.2) is 8.42 Å². The first-order valence-corrected chi connectivity index (χ1v) is 8.03. The van der Waals surface area contributed by atoms with Crippen LogP contribution >= 0.6 is 27.3 Å². The topological polar surface area (TPSA) is 57.6 Å². The zero-order valence-electron chi connectivity index (χ0n) is 8.47. The first-order chi connectivity index (χ1) is 7.50. The van der Waals surface area contributed by atoms with E-state index in [-0.39, 0.29) is 6.54 Å². The number of hydrogen-bond donors (Lipinski definition) is 1. The molecule has 1 aromatic rings. The third-order valence-electron chi connectivity index (χ3n) is 2.50. The van der Waals surface area contributed by atoms with E-state index in [4.69, 9.17) is 0 Å². The molecule has 1 aliphatic heterocycles. The highest BCUT2D eigenvalue weighted by molar-refractivity contribution is 9.10. The zero-order chi connectivity index (χ0) is 11.8. The van der Waals surface area contributed by atoms with Crippen LogP contribution in [0.25, 0.3) is 0 Å². The van der Waals surface area contributed by atoms with Gasteiger partial charge < -0.3 is 5.11 Å².